The maximum Gasteiger partial charge on any atom is 0.224 e. The fraction of sp³-hybridized carbons (Fsp3) is 0.622. The minimum Gasteiger partial charge on any atom is -0.346 e. The predicted octanol–water partition coefficient (Wildman–Crippen LogP) is 7.57. The van der Waals surface area contributed by atoms with E-state index in [1.165, 1.54) is 0 Å². The van der Waals surface area contributed by atoms with Gasteiger partial charge in [0.05, 0.1) is 12.1 Å². The number of hydrogen-bond donors (Lipinski definition) is 2. The summed E-state index contributed by atoms with van der Waals surface area (Å²) in [5.41, 5.74) is 1.62. The zero-order chi connectivity index (χ0) is 39.0. The molecule has 0 spiro atoms. The second-order valence-electron chi connectivity index (χ2n) is 16.9. The van der Waals surface area contributed by atoms with E-state index in [4.69, 9.17) is 0 Å². The molecule has 8 nitrogen and oxygen atoms in total. The summed E-state index contributed by atoms with van der Waals surface area (Å²) in [7, 11) is 4.08. The van der Waals surface area contributed by atoms with Gasteiger partial charge in [-0.05, 0) is 101 Å². The van der Waals surface area contributed by atoms with Crippen LogP contribution in [0.3, 0.4) is 0 Å². The number of nitrogens with one attached hydrogen (secondary N) is 2. The van der Waals surface area contributed by atoms with Gasteiger partial charge in [0.1, 0.15) is 5.78 Å². The number of carbonyl (C=O) groups excluding carboxylic acids is 5. The van der Waals surface area contributed by atoms with Gasteiger partial charge in [0.25, 0.3) is 0 Å². The van der Waals surface area contributed by atoms with Gasteiger partial charge >= 0.3 is 0 Å². The topological polar surface area (TPSA) is 113 Å². The van der Waals surface area contributed by atoms with Crippen molar-refractivity contribution in [3.05, 3.63) is 71.8 Å². The molecule has 0 unspecified atom stereocenters. The van der Waals surface area contributed by atoms with Gasteiger partial charge in [-0.15, -0.1) is 0 Å². The molecule has 0 radical (unpaired) electrons. The molecular weight excluding hydrogens is 663 g/mol. The first-order valence-electron chi connectivity index (χ1n) is 20.1. The SMILES string of the molecule is CC(C)C[C@H](NC(=O)[C@H](CCc1ccccc1)CC(=O)CCCCCN(C)C)C(=O)C[C@@H](Cc1ccccc1)C(=O)N[C@@H](CC(C)C)C(=O)C1(C)CC1. The van der Waals surface area contributed by atoms with Crippen LogP contribution in [-0.4, -0.2) is 66.8 Å². The third-order valence-corrected chi connectivity index (χ3v) is 10.5. The Balaban J connectivity index is 1.78. The molecule has 0 bridgehead atoms. The fourth-order valence-electron chi connectivity index (χ4n) is 7.04. The predicted molar refractivity (Wildman–Crippen MR) is 213 cm³/mol. The number of Topliss-reactive ketones (excluding diaryl/α,β-unsaturated/α-hetero) is 3. The number of carbonyl (C=O) groups is 5. The molecule has 2 amide bonds. The third-order valence-electron chi connectivity index (χ3n) is 10.5. The van der Waals surface area contributed by atoms with Gasteiger partial charge in [-0.1, -0.05) is 102 Å². The van der Waals surface area contributed by atoms with E-state index in [9.17, 15) is 24.0 Å². The lowest BCUT2D eigenvalue weighted by Crippen LogP contribution is -2.49. The Bertz CT molecular complexity index is 1450. The molecule has 1 aliphatic rings. The Morgan fingerprint density at radius 1 is 0.698 bits per heavy atom. The zero-order valence-electron chi connectivity index (χ0n) is 33.6. The number of nitrogens with zero attached hydrogens (tertiary/aromatic N) is 1. The van der Waals surface area contributed by atoms with Gasteiger partial charge in [-0.25, -0.2) is 0 Å². The molecule has 0 saturated heterocycles. The van der Waals surface area contributed by atoms with Crippen LogP contribution in [0, 0.1) is 29.1 Å². The van der Waals surface area contributed by atoms with Crippen molar-refractivity contribution in [1.82, 2.24) is 15.5 Å². The van der Waals surface area contributed by atoms with Crippen molar-refractivity contribution in [2.75, 3.05) is 20.6 Å². The monoisotopic (exact) mass is 730 g/mol. The van der Waals surface area contributed by atoms with E-state index in [1.54, 1.807) is 0 Å². The second-order valence-corrected chi connectivity index (χ2v) is 16.9. The highest BCUT2D eigenvalue weighted by Crippen LogP contribution is 2.47. The molecule has 2 N–H and O–H groups in total. The quantitative estimate of drug-likeness (QED) is 0.0967. The number of unbranched alkanes of at least 4 members (excludes halogenated alkanes) is 2. The summed E-state index contributed by atoms with van der Waals surface area (Å²) in [5.74, 6) is -1.64. The number of amides is 2. The van der Waals surface area contributed by atoms with E-state index in [1.807, 2.05) is 109 Å². The Morgan fingerprint density at radius 2 is 1.25 bits per heavy atom. The molecule has 1 saturated carbocycles. The van der Waals surface area contributed by atoms with Crippen molar-refractivity contribution < 1.29 is 24.0 Å². The maximum atomic E-state index is 14.2. The van der Waals surface area contributed by atoms with Crippen molar-refractivity contribution in [3.8, 4) is 0 Å². The van der Waals surface area contributed by atoms with Gasteiger partial charge < -0.3 is 15.5 Å². The summed E-state index contributed by atoms with van der Waals surface area (Å²) in [6, 6.07) is 18.1. The highest BCUT2D eigenvalue weighted by Gasteiger charge is 2.48. The standard InChI is InChI=1S/C45H67N3O5/c1-32(2)27-39(46-43(52)36(23-22-34-17-11-8-12-18-34)30-38(49)21-15-10-16-26-48(6)7)41(50)31-37(29-35-19-13-9-14-20-35)44(53)47-40(28-33(3)4)42(51)45(5)24-25-45/h8-9,11-14,17-20,32-33,36-37,39-40H,10,15-16,21-31H2,1-7H3,(H,46,52)(H,47,53)/t36-,37-,39+,40+/m1/s1. The molecule has 4 atom stereocenters. The number of aryl methyl sites for hydroxylation is 1. The fourth-order valence-corrected chi connectivity index (χ4v) is 7.04. The number of rotatable bonds is 26. The summed E-state index contributed by atoms with van der Waals surface area (Å²) >= 11 is 0. The van der Waals surface area contributed by atoms with Crippen LogP contribution < -0.4 is 10.6 Å². The Labute approximate surface area is 319 Å². The van der Waals surface area contributed by atoms with Gasteiger partial charge in [-0.2, -0.15) is 0 Å². The molecule has 0 aliphatic heterocycles. The highest BCUT2D eigenvalue weighted by molar-refractivity contribution is 5.97. The molecule has 8 heteroatoms. The molecule has 292 valence electrons. The van der Waals surface area contributed by atoms with E-state index < -0.39 is 29.3 Å². The molecule has 0 aromatic heterocycles. The van der Waals surface area contributed by atoms with Crippen molar-refractivity contribution in [1.29, 1.82) is 0 Å². The van der Waals surface area contributed by atoms with Gasteiger partial charge in [0.15, 0.2) is 11.6 Å². The summed E-state index contributed by atoms with van der Waals surface area (Å²) in [6.07, 6.45) is 7.36. The van der Waals surface area contributed by atoms with Crippen molar-refractivity contribution in [2.24, 2.45) is 29.1 Å². The van der Waals surface area contributed by atoms with E-state index >= 15 is 0 Å². The normalized spacial score (nSPS) is 15.8. The van der Waals surface area contributed by atoms with Crippen molar-refractivity contribution >= 4 is 29.2 Å². The van der Waals surface area contributed by atoms with Crippen LogP contribution in [-0.2, 0) is 36.8 Å². The van der Waals surface area contributed by atoms with Crippen LogP contribution in [0.2, 0.25) is 0 Å². The average molecular weight is 730 g/mol. The van der Waals surface area contributed by atoms with Crippen LogP contribution in [0.5, 0.6) is 0 Å². The lowest BCUT2D eigenvalue weighted by Gasteiger charge is -2.27. The summed E-state index contributed by atoms with van der Waals surface area (Å²) in [4.78, 5) is 71.2. The second kappa shape index (κ2) is 21.9. The molecule has 53 heavy (non-hydrogen) atoms. The van der Waals surface area contributed by atoms with Crippen molar-refractivity contribution in [3.63, 3.8) is 0 Å². The largest absolute Gasteiger partial charge is 0.346 e. The first-order chi connectivity index (χ1) is 25.2. The lowest BCUT2D eigenvalue weighted by atomic mass is 9.87. The van der Waals surface area contributed by atoms with Crippen LogP contribution in [0.1, 0.15) is 116 Å². The molecule has 3 rings (SSSR count). The summed E-state index contributed by atoms with van der Waals surface area (Å²) in [6.45, 7) is 11.0. The van der Waals surface area contributed by atoms with Crippen LogP contribution in [0.15, 0.2) is 60.7 Å². The van der Waals surface area contributed by atoms with Gasteiger partial charge in [-0.3, -0.25) is 24.0 Å². The van der Waals surface area contributed by atoms with Gasteiger partial charge in [0, 0.05) is 36.5 Å². The first kappa shape index (κ1) is 43.8. The Hall–Kier alpha value is -3.65. The number of ketones is 3. The van der Waals surface area contributed by atoms with E-state index in [-0.39, 0.29) is 53.8 Å². The van der Waals surface area contributed by atoms with E-state index in [0.29, 0.717) is 38.5 Å². The molecule has 1 fully saturated rings. The molecule has 2 aromatic rings. The smallest absolute Gasteiger partial charge is 0.224 e. The van der Waals surface area contributed by atoms with Crippen LogP contribution >= 0.6 is 0 Å². The molecule has 0 heterocycles. The van der Waals surface area contributed by atoms with Crippen LogP contribution in [0.4, 0.5) is 0 Å². The Kier molecular flexibility index (Phi) is 18.1. The first-order valence-corrected chi connectivity index (χ1v) is 20.1. The van der Waals surface area contributed by atoms with Gasteiger partial charge in [0.2, 0.25) is 11.8 Å². The van der Waals surface area contributed by atoms with E-state index in [0.717, 1.165) is 49.8 Å². The maximum absolute atomic E-state index is 14.2. The number of hydrogen-bond acceptors (Lipinski definition) is 6. The van der Waals surface area contributed by atoms with E-state index in [2.05, 4.69) is 15.5 Å². The molecule has 2 aromatic carbocycles. The number of benzene rings is 2. The summed E-state index contributed by atoms with van der Waals surface area (Å²) < 4.78 is 0. The zero-order valence-corrected chi connectivity index (χ0v) is 33.6. The minimum absolute atomic E-state index is 0.0685. The molecule has 1 aliphatic carbocycles. The van der Waals surface area contributed by atoms with Crippen molar-refractivity contribution in [2.45, 2.75) is 130 Å². The van der Waals surface area contributed by atoms with Crippen LogP contribution in [0.25, 0.3) is 0 Å². The lowest BCUT2D eigenvalue weighted by molar-refractivity contribution is -0.135. The summed E-state index contributed by atoms with van der Waals surface area (Å²) in [5, 5.41) is 6.14. The third kappa shape index (κ3) is 16.1. The molecular formula is C45H67N3O5. The Morgan fingerprint density at radius 3 is 1.81 bits per heavy atom. The minimum atomic E-state index is -0.799. The average Bonchev–Trinajstić information content (AvgIpc) is 3.87. The highest BCUT2D eigenvalue weighted by atomic mass is 16.2.